The molecule has 0 aliphatic heterocycles. The molecule has 1 rings (SSSR count). The predicted molar refractivity (Wildman–Crippen MR) is 79.1 cm³/mol. The molecule has 1 heterocycles. The first kappa shape index (κ1) is 16.2. The van der Waals surface area contributed by atoms with Crippen LogP contribution in [0.3, 0.4) is 0 Å². The average Bonchev–Trinajstić information content (AvgIpc) is 2.66. The first-order valence-electron chi connectivity index (χ1n) is 5.83. The fraction of sp³-hybridized carbons (Fsp3) is 0.700. The smallest absolute Gasteiger partial charge is 0.249 e. The normalized spacial score (nSPS) is 12.3. The summed E-state index contributed by atoms with van der Waals surface area (Å²) in [5.41, 5.74) is 5.66. The summed E-state index contributed by atoms with van der Waals surface area (Å²) < 4.78 is 29.3. The molecule has 110 valence electrons. The highest BCUT2D eigenvalue weighted by atomic mass is 32.2. The number of nitrogens with zero attached hydrogens (tertiary/aromatic N) is 3. The minimum Gasteiger partial charge on any atom is -0.382 e. The molecule has 0 saturated heterocycles. The zero-order valence-corrected chi connectivity index (χ0v) is 13.3. The lowest BCUT2D eigenvalue weighted by atomic mass is 10.4. The van der Waals surface area contributed by atoms with Crippen molar-refractivity contribution in [2.75, 3.05) is 52.3 Å². The van der Waals surface area contributed by atoms with Crippen molar-refractivity contribution in [2.45, 2.75) is 11.3 Å². The molecule has 0 aliphatic rings. The van der Waals surface area contributed by atoms with Crippen molar-refractivity contribution < 1.29 is 8.42 Å². The Morgan fingerprint density at radius 2 is 1.95 bits per heavy atom. The highest BCUT2D eigenvalue weighted by Gasteiger charge is 2.27. The summed E-state index contributed by atoms with van der Waals surface area (Å²) in [4.78, 5) is 2.15. The van der Waals surface area contributed by atoms with Gasteiger partial charge in [0.05, 0.1) is 0 Å². The number of hydrogen-bond acceptors (Lipinski definition) is 7. The molecular formula is C10H21N5O2S2. The third-order valence-corrected chi connectivity index (χ3v) is 5.32. The van der Waals surface area contributed by atoms with Crippen molar-refractivity contribution in [3.63, 3.8) is 0 Å². The maximum absolute atomic E-state index is 12.1. The third-order valence-electron chi connectivity index (χ3n) is 2.48. The van der Waals surface area contributed by atoms with E-state index in [4.69, 9.17) is 5.73 Å². The molecule has 1 aromatic heterocycles. The van der Waals surface area contributed by atoms with Gasteiger partial charge < -0.3 is 16.0 Å². The summed E-state index contributed by atoms with van der Waals surface area (Å²) in [5, 5.41) is 3.60. The Bertz CT molecular complexity index is 510. The van der Waals surface area contributed by atoms with Gasteiger partial charge in [0.15, 0.2) is 10.7 Å². The van der Waals surface area contributed by atoms with E-state index in [0.717, 1.165) is 28.8 Å². The van der Waals surface area contributed by atoms with Crippen LogP contribution in [0.2, 0.25) is 0 Å². The number of nitrogens with one attached hydrogen (secondary N) is 1. The Hall–Kier alpha value is -0.900. The first-order chi connectivity index (χ1) is 8.76. The average molecular weight is 307 g/mol. The van der Waals surface area contributed by atoms with Gasteiger partial charge in [0, 0.05) is 20.6 Å². The summed E-state index contributed by atoms with van der Waals surface area (Å²) in [6.45, 7) is 1.60. The van der Waals surface area contributed by atoms with Gasteiger partial charge in [-0.15, -0.1) is 0 Å². The van der Waals surface area contributed by atoms with Gasteiger partial charge in [-0.3, -0.25) is 0 Å². The second-order valence-corrected chi connectivity index (χ2v) is 7.46. The van der Waals surface area contributed by atoms with Crippen molar-refractivity contribution >= 4 is 32.4 Å². The molecule has 0 aromatic carbocycles. The summed E-state index contributed by atoms with van der Waals surface area (Å²) in [7, 11) is 3.37. The quantitative estimate of drug-likeness (QED) is 0.706. The minimum atomic E-state index is -3.57. The molecule has 7 nitrogen and oxygen atoms in total. The van der Waals surface area contributed by atoms with Crippen LogP contribution in [0, 0.1) is 0 Å². The zero-order valence-electron chi connectivity index (χ0n) is 11.7. The number of nitrogens with two attached hydrogens (primary N) is 1. The highest BCUT2D eigenvalue weighted by molar-refractivity contribution is 7.89. The van der Waals surface area contributed by atoms with E-state index in [1.165, 1.54) is 14.1 Å². The van der Waals surface area contributed by atoms with E-state index in [9.17, 15) is 8.42 Å². The van der Waals surface area contributed by atoms with Crippen LogP contribution in [0.15, 0.2) is 4.90 Å². The molecule has 0 saturated carbocycles. The lowest BCUT2D eigenvalue weighted by Crippen LogP contribution is -2.24. The summed E-state index contributed by atoms with van der Waals surface area (Å²) in [5.74, 6) is 0.0498. The molecule has 0 bridgehead atoms. The summed E-state index contributed by atoms with van der Waals surface area (Å²) in [6.07, 6.45) is 0.909. The first-order valence-corrected chi connectivity index (χ1v) is 8.04. The van der Waals surface area contributed by atoms with E-state index in [1.54, 1.807) is 0 Å². The molecule has 3 N–H and O–H groups in total. The van der Waals surface area contributed by atoms with E-state index in [0.29, 0.717) is 11.5 Å². The number of sulfonamides is 1. The number of anilines is 2. The molecule has 0 spiro atoms. The molecule has 9 heteroatoms. The monoisotopic (exact) mass is 307 g/mol. The zero-order chi connectivity index (χ0) is 14.6. The molecule has 0 fully saturated rings. The fourth-order valence-corrected chi connectivity index (χ4v) is 3.54. The maximum Gasteiger partial charge on any atom is 0.249 e. The summed E-state index contributed by atoms with van der Waals surface area (Å²) >= 11 is 1.07. The van der Waals surface area contributed by atoms with Gasteiger partial charge in [-0.2, -0.15) is 4.37 Å². The topological polar surface area (TPSA) is 91.6 Å². The van der Waals surface area contributed by atoms with Gasteiger partial charge >= 0.3 is 0 Å². The van der Waals surface area contributed by atoms with Gasteiger partial charge in [-0.05, 0) is 38.6 Å². The van der Waals surface area contributed by atoms with E-state index in [1.807, 2.05) is 14.1 Å². The van der Waals surface area contributed by atoms with Gasteiger partial charge in [-0.1, -0.05) is 0 Å². The Morgan fingerprint density at radius 1 is 1.32 bits per heavy atom. The molecule has 0 amide bonds. The highest BCUT2D eigenvalue weighted by Crippen LogP contribution is 2.32. The van der Waals surface area contributed by atoms with Crippen LogP contribution in [0.4, 0.5) is 10.8 Å². The van der Waals surface area contributed by atoms with Crippen LogP contribution >= 0.6 is 11.5 Å². The van der Waals surface area contributed by atoms with Crippen LogP contribution in [0.1, 0.15) is 6.42 Å². The molecule has 19 heavy (non-hydrogen) atoms. The van der Waals surface area contributed by atoms with Crippen LogP contribution < -0.4 is 11.1 Å². The number of hydrogen-bond donors (Lipinski definition) is 2. The van der Waals surface area contributed by atoms with Crippen molar-refractivity contribution in [3.8, 4) is 0 Å². The maximum atomic E-state index is 12.1. The Balaban J connectivity index is 2.82. The Morgan fingerprint density at radius 3 is 2.47 bits per heavy atom. The minimum absolute atomic E-state index is 0.0498. The molecule has 0 radical (unpaired) electrons. The number of aromatic nitrogens is 1. The van der Waals surface area contributed by atoms with Crippen LogP contribution in [0.5, 0.6) is 0 Å². The van der Waals surface area contributed by atoms with Gasteiger partial charge in [-0.25, -0.2) is 12.7 Å². The van der Waals surface area contributed by atoms with Crippen LogP contribution in [-0.4, -0.2) is 63.3 Å². The number of rotatable bonds is 7. The Labute approximate surface area is 118 Å². The van der Waals surface area contributed by atoms with Crippen molar-refractivity contribution in [1.29, 1.82) is 0 Å². The second kappa shape index (κ2) is 6.51. The lowest BCUT2D eigenvalue weighted by Gasteiger charge is -2.13. The van der Waals surface area contributed by atoms with Crippen molar-refractivity contribution in [3.05, 3.63) is 0 Å². The SMILES string of the molecule is CN(C)CCCNc1snc(N)c1S(=O)(=O)N(C)C. The van der Waals surface area contributed by atoms with E-state index < -0.39 is 10.0 Å². The number of nitrogen functional groups attached to an aromatic ring is 1. The Kier molecular flexibility index (Phi) is 5.53. The molecule has 0 unspecified atom stereocenters. The van der Waals surface area contributed by atoms with Crippen LogP contribution in [-0.2, 0) is 10.0 Å². The van der Waals surface area contributed by atoms with E-state index in [2.05, 4.69) is 14.6 Å². The van der Waals surface area contributed by atoms with Crippen molar-refractivity contribution in [2.24, 2.45) is 0 Å². The third kappa shape index (κ3) is 4.03. The largest absolute Gasteiger partial charge is 0.382 e. The fourth-order valence-electron chi connectivity index (χ4n) is 1.44. The summed E-state index contributed by atoms with van der Waals surface area (Å²) in [6, 6.07) is 0. The molecule has 1 aromatic rings. The van der Waals surface area contributed by atoms with Crippen molar-refractivity contribution in [1.82, 2.24) is 13.6 Å². The lowest BCUT2D eigenvalue weighted by molar-refractivity contribution is 0.405. The van der Waals surface area contributed by atoms with E-state index >= 15 is 0 Å². The van der Waals surface area contributed by atoms with Gasteiger partial charge in [0.2, 0.25) is 10.0 Å². The van der Waals surface area contributed by atoms with Crippen LogP contribution in [0.25, 0.3) is 0 Å². The standard InChI is InChI=1S/C10H21N5O2S2/c1-14(2)7-5-6-12-10-8(9(11)13-18-10)19(16,17)15(3)4/h12H,5-7H2,1-4H3,(H2,11,13). The van der Waals surface area contributed by atoms with Gasteiger partial charge in [0.25, 0.3) is 0 Å². The molecular weight excluding hydrogens is 286 g/mol. The van der Waals surface area contributed by atoms with E-state index in [-0.39, 0.29) is 10.7 Å². The van der Waals surface area contributed by atoms with Gasteiger partial charge in [0.1, 0.15) is 5.00 Å². The predicted octanol–water partition coefficient (Wildman–Crippen LogP) is 0.339. The second-order valence-electron chi connectivity index (χ2n) is 4.60. The molecule has 0 atom stereocenters. The molecule has 0 aliphatic carbocycles.